The van der Waals surface area contributed by atoms with Gasteiger partial charge in [-0.15, -0.1) is 0 Å². The molecule has 1 atom stereocenters. The van der Waals surface area contributed by atoms with Crippen molar-refractivity contribution in [2.24, 2.45) is 11.7 Å². The minimum atomic E-state index is -0.319. The molecule has 1 aromatic carbocycles. The first-order valence-corrected chi connectivity index (χ1v) is 6.94. The molecule has 0 aromatic heterocycles. The van der Waals surface area contributed by atoms with Crippen LogP contribution in [-0.2, 0) is 11.2 Å². The molecule has 5 heteroatoms. The van der Waals surface area contributed by atoms with Crippen molar-refractivity contribution in [2.45, 2.75) is 19.3 Å². The highest BCUT2D eigenvalue weighted by atomic mass is 19.1. The third-order valence-electron chi connectivity index (χ3n) is 3.83. The number of ether oxygens (including phenoxy) is 1. The van der Waals surface area contributed by atoms with E-state index in [0.29, 0.717) is 0 Å². The van der Waals surface area contributed by atoms with Crippen LogP contribution in [0.1, 0.15) is 18.4 Å². The second kappa shape index (κ2) is 6.70. The number of carbonyl (C=O) groups is 1. The van der Waals surface area contributed by atoms with Crippen LogP contribution in [0.4, 0.5) is 4.39 Å². The largest absolute Gasteiger partial charge is 0.494 e. The van der Waals surface area contributed by atoms with Gasteiger partial charge < -0.3 is 15.4 Å². The molecule has 0 aliphatic carbocycles. The fourth-order valence-corrected chi connectivity index (χ4v) is 2.64. The molecule has 1 fully saturated rings. The molecule has 110 valence electrons. The molecule has 0 saturated carbocycles. The molecule has 0 unspecified atom stereocenters. The summed E-state index contributed by atoms with van der Waals surface area (Å²) in [5.74, 6) is -0.254. The first-order chi connectivity index (χ1) is 9.60. The number of likely N-dealkylation sites (tertiary alicyclic amines) is 1. The maximum absolute atomic E-state index is 13.5. The monoisotopic (exact) mass is 280 g/mol. The van der Waals surface area contributed by atoms with E-state index >= 15 is 0 Å². The number of methoxy groups -OCH3 is 1. The molecule has 2 rings (SSSR count). The normalized spacial score (nSPS) is 19.2. The molecule has 2 N–H and O–H groups in total. The summed E-state index contributed by atoms with van der Waals surface area (Å²) in [4.78, 5) is 13.3. The van der Waals surface area contributed by atoms with Gasteiger partial charge >= 0.3 is 0 Å². The Morgan fingerprint density at radius 2 is 2.35 bits per heavy atom. The van der Waals surface area contributed by atoms with E-state index in [4.69, 9.17) is 10.5 Å². The van der Waals surface area contributed by atoms with Crippen molar-refractivity contribution >= 4 is 5.91 Å². The van der Waals surface area contributed by atoms with Gasteiger partial charge in [-0.2, -0.15) is 0 Å². The van der Waals surface area contributed by atoms with Crippen LogP contribution in [0.5, 0.6) is 5.75 Å². The summed E-state index contributed by atoms with van der Waals surface area (Å²) in [7, 11) is 1.46. The van der Waals surface area contributed by atoms with Crippen molar-refractivity contribution in [3.8, 4) is 5.75 Å². The van der Waals surface area contributed by atoms with E-state index in [0.717, 1.165) is 44.5 Å². The summed E-state index contributed by atoms with van der Waals surface area (Å²) < 4.78 is 18.4. The molecule has 0 bridgehead atoms. The van der Waals surface area contributed by atoms with Gasteiger partial charge in [-0.25, -0.2) is 4.39 Å². The average Bonchev–Trinajstić information content (AvgIpc) is 2.88. The summed E-state index contributed by atoms with van der Waals surface area (Å²) in [5.41, 5.74) is 6.27. The molecule has 0 spiro atoms. The maximum atomic E-state index is 13.5. The van der Waals surface area contributed by atoms with E-state index in [1.807, 2.05) is 6.07 Å². The number of aryl methyl sites for hydroxylation is 1. The molecule has 1 aromatic rings. The lowest BCUT2D eigenvalue weighted by atomic mass is 10.1. The molecule has 4 nitrogen and oxygen atoms in total. The third-order valence-corrected chi connectivity index (χ3v) is 3.83. The average molecular weight is 280 g/mol. The van der Waals surface area contributed by atoms with Crippen LogP contribution < -0.4 is 10.5 Å². The number of amides is 1. The van der Waals surface area contributed by atoms with Gasteiger partial charge in [0.05, 0.1) is 13.0 Å². The van der Waals surface area contributed by atoms with Gasteiger partial charge in [-0.3, -0.25) is 4.79 Å². The minimum absolute atomic E-state index is 0.00608. The Hall–Kier alpha value is -1.62. The number of halogens is 1. The van der Waals surface area contributed by atoms with Gasteiger partial charge in [0.15, 0.2) is 11.6 Å². The summed E-state index contributed by atoms with van der Waals surface area (Å²) >= 11 is 0. The number of nitrogens with zero attached hydrogens (tertiary/aromatic N) is 1. The fraction of sp³-hybridized carbons (Fsp3) is 0.533. The smallest absolute Gasteiger partial charge is 0.221 e. The topological polar surface area (TPSA) is 55.6 Å². The van der Waals surface area contributed by atoms with Crippen molar-refractivity contribution in [2.75, 3.05) is 26.7 Å². The van der Waals surface area contributed by atoms with Gasteiger partial charge in [0, 0.05) is 6.54 Å². The number of hydrogen-bond donors (Lipinski definition) is 1. The lowest BCUT2D eigenvalue weighted by Crippen LogP contribution is -2.28. The van der Waals surface area contributed by atoms with E-state index in [-0.39, 0.29) is 23.4 Å². The Morgan fingerprint density at radius 1 is 1.55 bits per heavy atom. The van der Waals surface area contributed by atoms with Crippen molar-refractivity contribution in [1.29, 1.82) is 0 Å². The van der Waals surface area contributed by atoms with Crippen LogP contribution in [0.2, 0.25) is 0 Å². The first-order valence-electron chi connectivity index (χ1n) is 6.94. The summed E-state index contributed by atoms with van der Waals surface area (Å²) in [5, 5.41) is 0. The van der Waals surface area contributed by atoms with Crippen molar-refractivity contribution < 1.29 is 13.9 Å². The minimum Gasteiger partial charge on any atom is -0.494 e. The third kappa shape index (κ3) is 3.70. The van der Waals surface area contributed by atoms with Crippen molar-refractivity contribution in [1.82, 2.24) is 4.90 Å². The zero-order valence-electron chi connectivity index (χ0n) is 11.8. The lowest BCUT2D eigenvalue weighted by Gasteiger charge is -2.15. The summed E-state index contributed by atoms with van der Waals surface area (Å²) in [6.07, 6.45) is 2.61. The number of rotatable bonds is 6. The number of hydrogen-bond acceptors (Lipinski definition) is 3. The molecule has 1 heterocycles. The van der Waals surface area contributed by atoms with Gasteiger partial charge in [0.25, 0.3) is 0 Å². The first kappa shape index (κ1) is 14.8. The molecule has 0 radical (unpaired) electrons. The second-order valence-corrected chi connectivity index (χ2v) is 5.26. The molecule has 20 heavy (non-hydrogen) atoms. The Morgan fingerprint density at radius 3 is 2.95 bits per heavy atom. The van der Waals surface area contributed by atoms with Crippen molar-refractivity contribution in [3.05, 3.63) is 29.6 Å². The van der Waals surface area contributed by atoms with Gasteiger partial charge in [0.1, 0.15) is 0 Å². The summed E-state index contributed by atoms with van der Waals surface area (Å²) in [6, 6.07) is 5.07. The van der Waals surface area contributed by atoms with Crippen LogP contribution in [0.15, 0.2) is 18.2 Å². The highest BCUT2D eigenvalue weighted by Gasteiger charge is 2.25. The standard InChI is InChI=1S/C15H21FN2O2/c1-20-14-5-4-11(9-13(14)16)3-2-7-18-8-6-12(10-18)15(17)19/h4-5,9,12H,2-3,6-8,10H2,1H3,(H2,17,19)/t12-/m1/s1. The molecular formula is C15H21FN2O2. The highest BCUT2D eigenvalue weighted by molar-refractivity contribution is 5.77. The van der Waals surface area contributed by atoms with Crippen LogP contribution in [0.3, 0.4) is 0 Å². The Kier molecular flexibility index (Phi) is 4.95. The van der Waals surface area contributed by atoms with Crippen LogP contribution in [0, 0.1) is 11.7 Å². The predicted molar refractivity (Wildman–Crippen MR) is 75.0 cm³/mol. The number of carbonyl (C=O) groups excluding carboxylic acids is 1. The van der Waals surface area contributed by atoms with Gasteiger partial charge in [-0.1, -0.05) is 6.07 Å². The Balaban J connectivity index is 1.76. The van der Waals surface area contributed by atoms with E-state index in [1.165, 1.54) is 13.2 Å². The van der Waals surface area contributed by atoms with Gasteiger partial charge in [-0.05, 0) is 50.0 Å². The van der Waals surface area contributed by atoms with E-state index in [9.17, 15) is 9.18 Å². The van der Waals surface area contributed by atoms with E-state index in [1.54, 1.807) is 6.07 Å². The summed E-state index contributed by atoms with van der Waals surface area (Å²) in [6.45, 7) is 2.59. The zero-order chi connectivity index (χ0) is 14.5. The maximum Gasteiger partial charge on any atom is 0.221 e. The number of primary amides is 1. The molecular weight excluding hydrogens is 259 g/mol. The Bertz CT molecular complexity index is 479. The lowest BCUT2D eigenvalue weighted by molar-refractivity contribution is -0.121. The predicted octanol–water partition coefficient (Wildman–Crippen LogP) is 1.57. The Labute approximate surface area is 118 Å². The zero-order valence-corrected chi connectivity index (χ0v) is 11.8. The van der Waals surface area contributed by atoms with Gasteiger partial charge in [0.2, 0.25) is 5.91 Å². The quantitative estimate of drug-likeness (QED) is 0.860. The molecule has 1 aliphatic heterocycles. The molecule has 1 amide bonds. The molecule has 1 saturated heterocycles. The molecule has 1 aliphatic rings. The number of nitrogens with two attached hydrogens (primary N) is 1. The van der Waals surface area contributed by atoms with Crippen LogP contribution in [-0.4, -0.2) is 37.6 Å². The van der Waals surface area contributed by atoms with Crippen molar-refractivity contribution in [3.63, 3.8) is 0 Å². The van der Waals surface area contributed by atoms with Crippen LogP contribution >= 0.6 is 0 Å². The number of benzene rings is 1. The van der Waals surface area contributed by atoms with E-state index < -0.39 is 0 Å². The van der Waals surface area contributed by atoms with Crippen LogP contribution in [0.25, 0.3) is 0 Å². The highest BCUT2D eigenvalue weighted by Crippen LogP contribution is 2.19. The second-order valence-electron chi connectivity index (χ2n) is 5.26. The SMILES string of the molecule is COc1ccc(CCCN2CC[C@@H](C(N)=O)C2)cc1F. The van der Waals surface area contributed by atoms with E-state index in [2.05, 4.69) is 4.90 Å². The fourth-order valence-electron chi connectivity index (χ4n) is 2.64.